The summed E-state index contributed by atoms with van der Waals surface area (Å²) in [4.78, 5) is 1.40. The quantitative estimate of drug-likeness (QED) is 0.466. The first kappa shape index (κ1) is 12.8. The fourth-order valence-electron chi connectivity index (χ4n) is 0.741. The molecule has 0 aliphatic carbocycles. The summed E-state index contributed by atoms with van der Waals surface area (Å²) in [5.74, 6) is 0. The average molecular weight is 192 g/mol. The zero-order valence-corrected chi connectivity index (χ0v) is 8.97. The molecular weight excluding hydrogens is 170 g/mol. The maximum atomic E-state index is 5.34. The summed E-state index contributed by atoms with van der Waals surface area (Å²) in [6, 6.07) is 0. The van der Waals surface area contributed by atoms with Gasteiger partial charge in [0, 0.05) is 7.11 Å². The Bertz CT molecular complexity index is 98.9. The highest BCUT2D eigenvalue weighted by Crippen LogP contribution is 1.78. The molecule has 0 aromatic rings. The molecule has 0 aliphatic heterocycles. The molecule has 0 fully saturated rings. The van der Waals surface area contributed by atoms with Crippen LogP contribution in [0.25, 0.3) is 0 Å². The molecule has 80 valence electrons. The van der Waals surface area contributed by atoms with E-state index in [1.807, 2.05) is 0 Å². The molecule has 0 aromatic carbocycles. The number of hydrogen-bond donors (Lipinski definition) is 1. The van der Waals surface area contributed by atoms with Crippen LogP contribution in [0.1, 0.15) is 0 Å². The number of likely N-dealkylation sites (N-methyl/N-ethyl adjacent to an activating group) is 1. The van der Waals surface area contributed by atoms with Gasteiger partial charge in [-0.2, -0.15) is 0 Å². The van der Waals surface area contributed by atoms with Gasteiger partial charge >= 0.3 is 0 Å². The van der Waals surface area contributed by atoms with Crippen molar-refractivity contribution in [2.45, 2.75) is 0 Å². The molecule has 4 nitrogen and oxygen atoms in total. The minimum atomic E-state index is 0.652. The van der Waals surface area contributed by atoms with Gasteiger partial charge in [-0.05, 0) is 0 Å². The Kier molecular flexibility index (Phi) is 9.80. The average Bonchev–Trinajstić information content (AvgIpc) is 2.09. The lowest BCUT2D eigenvalue weighted by Crippen LogP contribution is -3.06. The van der Waals surface area contributed by atoms with Gasteiger partial charge in [-0.3, -0.25) is 0 Å². The van der Waals surface area contributed by atoms with Crippen LogP contribution in [0.2, 0.25) is 0 Å². The van der Waals surface area contributed by atoms with E-state index in [1.54, 1.807) is 7.11 Å². The minimum absolute atomic E-state index is 0.652. The summed E-state index contributed by atoms with van der Waals surface area (Å²) in [6.45, 7) is 4.48. The lowest BCUT2D eigenvalue weighted by Gasteiger charge is -2.08. The van der Waals surface area contributed by atoms with Gasteiger partial charge in [0.05, 0.1) is 47.1 Å². The van der Waals surface area contributed by atoms with Crippen molar-refractivity contribution in [3.8, 4) is 0 Å². The molecule has 0 rings (SSSR count). The van der Waals surface area contributed by atoms with Gasteiger partial charge in [-0.25, -0.2) is 0 Å². The second-order valence-electron chi connectivity index (χ2n) is 3.17. The van der Waals surface area contributed by atoms with Crippen molar-refractivity contribution in [1.82, 2.24) is 0 Å². The molecule has 0 unspecified atom stereocenters. The third-order valence-corrected chi connectivity index (χ3v) is 1.55. The van der Waals surface area contributed by atoms with E-state index >= 15 is 0 Å². The molecule has 4 heteroatoms. The van der Waals surface area contributed by atoms with Crippen LogP contribution in [-0.2, 0) is 14.2 Å². The monoisotopic (exact) mass is 192 g/mol. The van der Waals surface area contributed by atoms with Crippen molar-refractivity contribution in [1.29, 1.82) is 0 Å². The Morgan fingerprint density at radius 2 is 1.38 bits per heavy atom. The molecule has 0 radical (unpaired) electrons. The maximum absolute atomic E-state index is 5.34. The highest BCUT2D eigenvalue weighted by atomic mass is 16.5. The highest BCUT2D eigenvalue weighted by Gasteiger charge is 1.93. The molecule has 0 saturated carbocycles. The zero-order chi connectivity index (χ0) is 9.94. The van der Waals surface area contributed by atoms with Gasteiger partial charge in [0.2, 0.25) is 0 Å². The molecule has 1 N–H and O–H groups in total. The molecule has 0 bridgehead atoms. The van der Waals surface area contributed by atoms with E-state index in [2.05, 4.69) is 14.1 Å². The summed E-state index contributed by atoms with van der Waals surface area (Å²) in [5.41, 5.74) is 0. The van der Waals surface area contributed by atoms with Gasteiger partial charge in [-0.15, -0.1) is 0 Å². The number of rotatable bonds is 9. The van der Waals surface area contributed by atoms with Gasteiger partial charge in [-0.1, -0.05) is 0 Å². The molecule has 0 spiro atoms. The summed E-state index contributed by atoms with van der Waals surface area (Å²) in [7, 11) is 5.89. The van der Waals surface area contributed by atoms with E-state index < -0.39 is 0 Å². The van der Waals surface area contributed by atoms with E-state index in [-0.39, 0.29) is 0 Å². The lowest BCUT2D eigenvalue weighted by atomic mass is 10.6. The molecule has 0 saturated heterocycles. The predicted molar refractivity (Wildman–Crippen MR) is 51.2 cm³/mol. The Balaban J connectivity index is 2.84. The number of ether oxygens (including phenoxy) is 3. The smallest absolute Gasteiger partial charge is 0.100 e. The van der Waals surface area contributed by atoms with E-state index in [0.717, 1.165) is 13.2 Å². The fraction of sp³-hybridized carbons (Fsp3) is 1.00. The fourth-order valence-corrected chi connectivity index (χ4v) is 0.741. The first-order valence-electron chi connectivity index (χ1n) is 4.71. The van der Waals surface area contributed by atoms with Crippen LogP contribution >= 0.6 is 0 Å². The Morgan fingerprint density at radius 1 is 0.846 bits per heavy atom. The lowest BCUT2D eigenvalue weighted by molar-refractivity contribution is -0.858. The predicted octanol–water partition coefficient (Wildman–Crippen LogP) is -1.19. The third kappa shape index (κ3) is 11.8. The van der Waals surface area contributed by atoms with Crippen LogP contribution in [0.5, 0.6) is 0 Å². The first-order chi connectivity index (χ1) is 6.27. The summed E-state index contributed by atoms with van der Waals surface area (Å²) in [6.07, 6.45) is 0. The van der Waals surface area contributed by atoms with Crippen molar-refractivity contribution >= 4 is 0 Å². The maximum Gasteiger partial charge on any atom is 0.100 e. The molecule has 0 atom stereocenters. The van der Waals surface area contributed by atoms with Crippen molar-refractivity contribution in [2.75, 3.05) is 60.8 Å². The molecule has 0 aliphatic rings. The van der Waals surface area contributed by atoms with Crippen molar-refractivity contribution in [3.05, 3.63) is 0 Å². The Hall–Kier alpha value is -0.160. The third-order valence-electron chi connectivity index (χ3n) is 1.55. The van der Waals surface area contributed by atoms with E-state index in [9.17, 15) is 0 Å². The van der Waals surface area contributed by atoms with Gasteiger partial charge < -0.3 is 19.1 Å². The molecule has 0 aromatic heterocycles. The van der Waals surface area contributed by atoms with Crippen LogP contribution in [-0.4, -0.2) is 60.8 Å². The summed E-state index contributed by atoms with van der Waals surface area (Å²) < 4.78 is 15.4. The van der Waals surface area contributed by atoms with Gasteiger partial charge in [0.1, 0.15) is 6.54 Å². The normalized spacial score (nSPS) is 11.1. The van der Waals surface area contributed by atoms with E-state index in [4.69, 9.17) is 14.2 Å². The van der Waals surface area contributed by atoms with Crippen LogP contribution in [0.3, 0.4) is 0 Å². The highest BCUT2D eigenvalue weighted by molar-refractivity contribution is 4.31. The second kappa shape index (κ2) is 9.92. The standard InChI is InChI=1S/C9H21NO3/c1-10(2)4-5-12-8-9-13-7-6-11-3/h4-9H2,1-3H3/p+1. The zero-order valence-electron chi connectivity index (χ0n) is 8.97. The van der Waals surface area contributed by atoms with Gasteiger partial charge in [0.25, 0.3) is 0 Å². The molecule has 0 heterocycles. The first-order valence-corrected chi connectivity index (χ1v) is 4.71. The van der Waals surface area contributed by atoms with E-state index in [1.165, 1.54) is 4.90 Å². The van der Waals surface area contributed by atoms with Crippen molar-refractivity contribution < 1.29 is 19.1 Å². The number of nitrogens with one attached hydrogen (secondary N) is 1. The summed E-state index contributed by atoms with van der Waals surface area (Å²) >= 11 is 0. The Morgan fingerprint density at radius 3 is 1.92 bits per heavy atom. The largest absolute Gasteiger partial charge is 0.382 e. The van der Waals surface area contributed by atoms with Crippen LogP contribution in [0.4, 0.5) is 0 Å². The SMILES string of the molecule is COCCOCCOCC[NH+](C)C. The van der Waals surface area contributed by atoms with Crippen LogP contribution in [0, 0.1) is 0 Å². The van der Waals surface area contributed by atoms with Crippen molar-refractivity contribution in [3.63, 3.8) is 0 Å². The molecule has 0 amide bonds. The summed E-state index contributed by atoms with van der Waals surface area (Å²) in [5, 5.41) is 0. The van der Waals surface area contributed by atoms with Gasteiger partial charge in [0.15, 0.2) is 0 Å². The molecular formula is C9H22NO3+. The van der Waals surface area contributed by atoms with Crippen molar-refractivity contribution in [2.24, 2.45) is 0 Å². The van der Waals surface area contributed by atoms with E-state index in [0.29, 0.717) is 26.4 Å². The van der Waals surface area contributed by atoms with Crippen LogP contribution < -0.4 is 4.90 Å². The number of quaternary nitrogens is 1. The molecule has 13 heavy (non-hydrogen) atoms. The van der Waals surface area contributed by atoms with Crippen LogP contribution in [0.15, 0.2) is 0 Å². The number of methoxy groups -OCH3 is 1. The topological polar surface area (TPSA) is 32.1 Å². The second-order valence-corrected chi connectivity index (χ2v) is 3.17. The Labute approximate surface area is 80.8 Å². The number of hydrogen-bond acceptors (Lipinski definition) is 3. The minimum Gasteiger partial charge on any atom is -0.382 e.